The number of likely N-dealkylation sites (tertiary alicyclic amines) is 1. The fourth-order valence-electron chi connectivity index (χ4n) is 4.58. The van der Waals surface area contributed by atoms with Crippen LogP contribution in [0, 0.1) is 12.7 Å². The number of carbonyl (C=O) groups is 1. The van der Waals surface area contributed by atoms with Crippen molar-refractivity contribution in [2.24, 2.45) is 5.73 Å². The predicted molar refractivity (Wildman–Crippen MR) is 135 cm³/mol. The Morgan fingerprint density at radius 2 is 2.03 bits per heavy atom. The molecular formula is C26H26FN5O4S. The van der Waals surface area contributed by atoms with Crippen molar-refractivity contribution in [2.45, 2.75) is 36.0 Å². The quantitative estimate of drug-likeness (QED) is 0.380. The number of carbonyl (C=O) groups excluding carboxylic acids is 1. The molecule has 2 aromatic carbocycles. The Hall–Kier alpha value is -3.83. The van der Waals surface area contributed by atoms with Gasteiger partial charge in [0.1, 0.15) is 12.0 Å². The molecular weight excluding hydrogens is 497 g/mol. The van der Waals surface area contributed by atoms with Gasteiger partial charge in [-0.05, 0) is 55.2 Å². The largest absolute Gasteiger partial charge is 0.435 e. The van der Waals surface area contributed by atoms with E-state index < -0.39 is 26.9 Å². The van der Waals surface area contributed by atoms with Gasteiger partial charge in [0, 0.05) is 19.3 Å². The Bertz CT molecular complexity index is 1560. The van der Waals surface area contributed by atoms with Crippen LogP contribution in [0.5, 0.6) is 11.6 Å². The number of H-pyrrole nitrogens is 1. The van der Waals surface area contributed by atoms with Crippen LogP contribution in [0.25, 0.3) is 11.0 Å². The molecule has 0 aliphatic carbocycles. The van der Waals surface area contributed by atoms with Crippen LogP contribution in [-0.2, 0) is 21.1 Å². The molecule has 2 aromatic heterocycles. The maximum atomic E-state index is 14.9. The summed E-state index contributed by atoms with van der Waals surface area (Å²) < 4.78 is 46.4. The number of halogens is 1. The second-order valence-corrected chi connectivity index (χ2v) is 11.3. The van der Waals surface area contributed by atoms with E-state index in [0.29, 0.717) is 29.6 Å². The number of sulfone groups is 1. The summed E-state index contributed by atoms with van der Waals surface area (Å²) in [5.74, 6) is -0.765. The Balaban J connectivity index is 1.24. The molecule has 0 radical (unpaired) electrons. The number of nitrogens with zero attached hydrogens (tertiary/aromatic N) is 3. The average Bonchev–Trinajstić information content (AvgIpc) is 3.54. The molecule has 2 atom stereocenters. The number of hydrogen-bond donors (Lipinski definition) is 2. The molecule has 11 heteroatoms. The average molecular weight is 524 g/mol. The van der Waals surface area contributed by atoms with Crippen LogP contribution in [0.4, 0.5) is 4.39 Å². The minimum Gasteiger partial charge on any atom is -0.435 e. The Morgan fingerprint density at radius 1 is 1.24 bits per heavy atom. The molecule has 9 nitrogen and oxygen atoms in total. The third-order valence-corrected chi connectivity index (χ3v) is 8.77. The van der Waals surface area contributed by atoms with E-state index in [1.54, 1.807) is 42.6 Å². The number of aromatic nitrogens is 3. The molecule has 1 aliphatic rings. The van der Waals surface area contributed by atoms with Crippen LogP contribution >= 0.6 is 0 Å². The number of benzene rings is 2. The molecule has 0 saturated carbocycles. The molecule has 192 valence electrons. The number of ether oxygens (including phenoxy) is 1. The van der Waals surface area contributed by atoms with E-state index in [1.807, 2.05) is 6.92 Å². The van der Waals surface area contributed by atoms with Gasteiger partial charge in [0.15, 0.2) is 21.4 Å². The van der Waals surface area contributed by atoms with E-state index in [0.717, 1.165) is 5.56 Å². The number of nitrogens with one attached hydrogen (secondary N) is 1. The molecule has 0 bridgehead atoms. The normalized spacial score (nSPS) is 16.7. The summed E-state index contributed by atoms with van der Waals surface area (Å²) in [6.45, 7) is 2.25. The van der Waals surface area contributed by atoms with Crippen molar-refractivity contribution in [3.63, 3.8) is 0 Å². The summed E-state index contributed by atoms with van der Waals surface area (Å²) in [5.41, 5.74) is 8.13. The molecule has 37 heavy (non-hydrogen) atoms. The first-order valence-corrected chi connectivity index (χ1v) is 13.4. The molecule has 0 spiro atoms. The number of aryl methyl sites for hydroxylation is 1. The number of amides is 1. The van der Waals surface area contributed by atoms with Crippen LogP contribution in [-0.4, -0.2) is 58.6 Å². The van der Waals surface area contributed by atoms with Crippen LogP contribution in [0.3, 0.4) is 0 Å². The molecule has 3 N–H and O–H groups in total. The van der Waals surface area contributed by atoms with Crippen molar-refractivity contribution in [3.05, 3.63) is 78.0 Å². The molecule has 5 rings (SSSR count). The van der Waals surface area contributed by atoms with Crippen molar-refractivity contribution in [1.29, 1.82) is 0 Å². The minimum atomic E-state index is -3.55. The van der Waals surface area contributed by atoms with E-state index in [2.05, 4.69) is 15.0 Å². The lowest BCUT2D eigenvalue weighted by Crippen LogP contribution is -2.44. The summed E-state index contributed by atoms with van der Waals surface area (Å²) in [4.78, 5) is 25.9. The summed E-state index contributed by atoms with van der Waals surface area (Å²) in [6.07, 6.45) is 3.53. The van der Waals surface area contributed by atoms with Gasteiger partial charge in [-0.1, -0.05) is 24.3 Å². The lowest BCUT2D eigenvalue weighted by molar-refractivity contribution is -0.131. The highest BCUT2D eigenvalue weighted by molar-refractivity contribution is 7.92. The van der Waals surface area contributed by atoms with Gasteiger partial charge < -0.3 is 20.4 Å². The Kier molecular flexibility index (Phi) is 6.65. The van der Waals surface area contributed by atoms with E-state index >= 15 is 0 Å². The summed E-state index contributed by atoms with van der Waals surface area (Å²) in [7, 11) is -3.55. The number of nitrogens with two attached hydrogens (primary N) is 1. The summed E-state index contributed by atoms with van der Waals surface area (Å²) >= 11 is 0. The van der Waals surface area contributed by atoms with Crippen molar-refractivity contribution in [1.82, 2.24) is 19.9 Å². The lowest BCUT2D eigenvalue weighted by Gasteiger charge is -2.21. The van der Waals surface area contributed by atoms with Crippen LogP contribution in [0.15, 0.2) is 66.0 Å². The maximum absolute atomic E-state index is 14.9. The third-order valence-electron chi connectivity index (χ3n) is 6.58. The van der Waals surface area contributed by atoms with Gasteiger partial charge in [-0.2, -0.15) is 0 Å². The molecule has 4 aromatic rings. The van der Waals surface area contributed by atoms with Gasteiger partial charge in [-0.15, -0.1) is 0 Å². The van der Waals surface area contributed by atoms with E-state index in [-0.39, 0.29) is 35.4 Å². The first kappa shape index (κ1) is 24.8. The highest BCUT2D eigenvalue weighted by atomic mass is 32.2. The first-order chi connectivity index (χ1) is 17.7. The van der Waals surface area contributed by atoms with Crippen LogP contribution < -0.4 is 10.5 Å². The molecule has 1 aliphatic heterocycles. The zero-order valence-corrected chi connectivity index (χ0v) is 20.9. The van der Waals surface area contributed by atoms with Crippen molar-refractivity contribution in [2.75, 3.05) is 13.1 Å². The van der Waals surface area contributed by atoms with E-state index in [9.17, 15) is 17.6 Å². The van der Waals surface area contributed by atoms with Gasteiger partial charge in [0.05, 0.1) is 21.6 Å². The summed E-state index contributed by atoms with van der Waals surface area (Å²) in [6, 6.07) is 11.7. The van der Waals surface area contributed by atoms with Crippen LogP contribution in [0.1, 0.15) is 17.5 Å². The van der Waals surface area contributed by atoms with Crippen molar-refractivity contribution in [3.8, 4) is 11.6 Å². The second-order valence-electron chi connectivity index (χ2n) is 9.10. The Labute approximate surface area is 213 Å². The van der Waals surface area contributed by atoms with E-state index in [1.165, 1.54) is 23.4 Å². The minimum absolute atomic E-state index is 0.0160. The number of rotatable bonds is 7. The first-order valence-electron chi connectivity index (χ1n) is 11.8. The van der Waals surface area contributed by atoms with Crippen LogP contribution in [0.2, 0.25) is 0 Å². The zero-order valence-electron chi connectivity index (χ0n) is 20.1. The number of aromatic amines is 1. The molecule has 3 heterocycles. The molecule has 1 saturated heterocycles. The van der Waals surface area contributed by atoms with Gasteiger partial charge in [-0.3, -0.25) is 4.79 Å². The second kappa shape index (κ2) is 9.91. The molecule has 1 fully saturated rings. The zero-order chi connectivity index (χ0) is 26.2. The predicted octanol–water partition coefficient (Wildman–Crippen LogP) is 3.14. The van der Waals surface area contributed by atoms with Gasteiger partial charge in [0.25, 0.3) is 0 Å². The number of hydrogen-bond acceptors (Lipinski definition) is 7. The van der Waals surface area contributed by atoms with E-state index in [4.69, 9.17) is 10.5 Å². The fraction of sp³-hybridized carbons (Fsp3) is 0.269. The molecule has 0 unspecified atom stereocenters. The lowest BCUT2D eigenvalue weighted by atomic mass is 10.1. The maximum Gasteiger partial charge on any atom is 0.239 e. The van der Waals surface area contributed by atoms with Gasteiger partial charge in [-0.25, -0.2) is 22.8 Å². The van der Waals surface area contributed by atoms with Crippen molar-refractivity contribution >= 4 is 26.8 Å². The van der Waals surface area contributed by atoms with Gasteiger partial charge in [0.2, 0.25) is 11.8 Å². The highest BCUT2D eigenvalue weighted by Gasteiger charge is 2.37. The fourth-order valence-corrected chi connectivity index (χ4v) is 6.29. The standard InChI is InChI=1S/C26H26FN5O4S/c1-16-13-29-24-23(16)25(31-15-30-24)36-22-8-7-17(11-20(22)27)12-21(28)26(33)32-10-9-19(14-32)37(34,35)18-5-3-2-4-6-18/h2-8,11,13,15,19,21H,9-10,12,14,28H2,1H3,(H,29,30,31)/t19-,21-/m0/s1. The van der Waals surface area contributed by atoms with Gasteiger partial charge >= 0.3 is 0 Å². The monoisotopic (exact) mass is 523 g/mol. The topological polar surface area (TPSA) is 131 Å². The van der Waals surface area contributed by atoms with Crippen molar-refractivity contribution < 1.29 is 22.3 Å². The highest BCUT2D eigenvalue weighted by Crippen LogP contribution is 2.31. The molecule has 1 amide bonds. The smallest absolute Gasteiger partial charge is 0.239 e. The SMILES string of the molecule is Cc1c[nH]c2ncnc(Oc3ccc(C[C@H](N)C(=O)N4CC[C@H](S(=O)(=O)c5ccccc5)C4)cc3F)c12. The Morgan fingerprint density at radius 3 is 2.78 bits per heavy atom. The third kappa shape index (κ3) is 4.92. The number of fused-ring (bicyclic) bond motifs is 1. The summed E-state index contributed by atoms with van der Waals surface area (Å²) in [5, 5.41) is -0.0198.